The molecule has 1 amide bonds. The first kappa shape index (κ1) is 14.6. The van der Waals surface area contributed by atoms with Gasteiger partial charge in [0.05, 0.1) is 16.4 Å². The van der Waals surface area contributed by atoms with Gasteiger partial charge in [-0.25, -0.2) is 9.97 Å². The van der Waals surface area contributed by atoms with Crippen molar-refractivity contribution in [2.75, 3.05) is 11.6 Å². The number of nitrogens with one attached hydrogen (secondary N) is 1. The maximum Gasteiger partial charge on any atom is 0.254 e. The average Bonchev–Trinajstić information content (AvgIpc) is 2.28. The van der Waals surface area contributed by atoms with Crippen LogP contribution in [0.5, 0.6) is 0 Å². The number of nitrogens with zero attached hydrogens (tertiary/aromatic N) is 2. The number of carbonyl (C=O) groups excluding carboxylic acids is 1. The van der Waals surface area contributed by atoms with Gasteiger partial charge in [-0.1, -0.05) is 13.8 Å². The molecule has 0 aromatic carbocycles. The van der Waals surface area contributed by atoms with Crippen molar-refractivity contribution in [2.45, 2.75) is 32.0 Å². The fourth-order valence-corrected chi connectivity index (χ4v) is 1.60. The normalized spacial score (nSPS) is 14.3. The molecule has 6 nitrogen and oxygen atoms in total. The van der Waals surface area contributed by atoms with Crippen molar-refractivity contribution >= 4 is 22.5 Å². The summed E-state index contributed by atoms with van der Waals surface area (Å²) in [7, 11) is -1.30. The number of nitrogens with two attached hydrogens (primary N) is 1. The summed E-state index contributed by atoms with van der Waals surface area (Å²) in [6.07, 6.45) is 2.79. The maximum atomic E-state index is 11.3. The average molecular weight is 270 g/mol. The van der Waals surface area contributed by atoms with Crippen LogP contribution in [-0.4, -0.2) is 32.4 Å². The van der Waals surface area contributed by atoms with Crippen LogP contribution < -0.4 is 11.1 Å². The summed E-state index contributed by atoms with van der Waals surface area (Å²) in [5.41, 5.74) is 5.46. The molecule has 0 bridgehead atoms. The summed E-state index contributed by atoms with van der Waals surface area (Å²) < 4.78 is 11.3. The smallest absolute Gasteiger partial charge is 0.254 e. The lowest BCUT2D eigenvalue weighted by atomic mass is 10.1. The second kappa shape index (κ2) is 5.90. The molecule has 1 aromatic heterocycles. The number of hydrogen-bond acceptors (Lipinski definition) is 5. The SMILES string of the molecule is CC(C)[C@@H](C)Nc1nc(S(C)=O)ncc1C(N)=O. The van der Waals surface area contributed by atoms with Gasteiger partial charge < -0.3 is 11.1 Å². The number of anilines is 1. The first-order valence-electron chi connectivity index (χ1n) is 5.59. The quantitative estimate of drug-likeness (QED) is 0.770. The van der Waals surface area contributed by atoms with E-state index < -0.39 is 16.7 Å². The Balaban J connectivity index is 3.15. The lowest BCUT2D eigenvalue weighted by Gasteiger charge is -2.19. The van der Waals surface area contributed by atoms with Crippen LogP contribution in [0.15, 0.2) is 11.4 Å². The molecule has 3 N–H and O–H groups in total. The van der Waals surface area contributed by atoms with Crippen LogP contribution in [0, 0.1) is 5.92 Å². The van der Waals surface area contributed by atoms with Gasteiger partial charge in [0.15, 0.2) is 0 Å². The molecule has 0 aliphatic heterocycles. The van der Waals surface area contributed by atoms with E-state index in [4.69, 9.17) is 5.73 Å². The van der Waals surface area contributed by atoms with Gasteiger partial charge in [-0.3, -0.25) is 9.00 Å². The minimum atomic E-state index is -1.30. The Labute approximate surface area is 109 Å². The third kappa shape index (κ3) is 3.49. The van der Waals surface area contributed by atoms with Gasteiger partial charge in [-0.2, -0.15) is 0 Å². The summed E-state index contributed by atoms with van der Waals surface area (Å²) in [4.78, 5) is 19.2. The van der Waals surface area contributed by atoms with E-state index >= 15 is 0 Å². The van der Waals surface area contributed by atoms with E-state index in [0.29, 0.717) is 11.7 Å². The number of carbonyl (C=O) groups is 1. The molecule has 0 saturated carbocycles. The van der Waals surface area contributed by atoms with Gasteiger partial charge in [0.1, 0.15) is 5.82 Å². The molecule has 0 radical (unpaired) electrons. The Morgan fingerprint density at radius 2 is 2.06 bits per heavy atom. The Bertz CT molecular complexity index is 476. The molecule has 1 heterocycles. The topological polar surface area (TPSA) is 98.0 Å². The molecule has 1 aromatic rings. The van der Waals surface area contributed by atoms with Crippen LogP contribution in [0.4, 0.5) is 5.82 Å². The molecule has 7 heteroatoms. The minimum absolute atomic E-state index is 0.108. The largest absolute Gasteiger partial charge is 0.367 e. The third-order valence-corrected chi connectivity index (χ3v) is 3.36. The van der Waals surface area contributed by atoms with Crippen LogP contribution >= 0.6 is 0 Å². The van der Waals surface area contributed by atoms with Crippen LogP contribution in [0.1, 0.15) is 31.1 Å². The Hall–Kier alpha value is -1.50. The third-order valence-electron chi connectivity index (χ3n) is 2.65. The van der Waals surface area contributed by atoms with E-state index in [1.165, 1.54) is 12.5 Å². The highest BCUT2D eigenvalue weighted by Crippen LogP contribution is 2.16. The molecule has 0 aliphatic rings. The number of aromatic nitrogens is 2. The summed E-state index contributed by atoms with van der Waals surface area (Å²) in [5, 5.41) is 3.28. The van der Waals surface area contributed by atoms with Gasteiger partial charge >= 0.3 is 0 Å². The highest BCUT2D eigenvalue weighted by Gasteiger charge is 2.16. The van der Waals surface area contributed by atoms with E-state index in [9.17, 15) is 9.00 Å². The molecule has 0 fully saturated rings. The molecular weight excluding hydrogens is 252 g/mol. The Morgan fingerprint density at radius 1 is 1.44 bits per heavy atom. The van der Waals surface area contributed by atoms with Crippen LogP contribution in [0.2, 0.25) is 0 Å². The van der Waals surface area contributed by atoms with Gasteiger partial charge in [0.2, 0.25) is 5.16 Å². The van der Waals surface area contributed by atoms with Crippen LogP contribution in [0.3, 0.4) is 0 Å². The fourth-order valence-electron chi connectivity index (χ4n) is 1.18. The highest BCUT2D eigenvalue weighted by atomic mass is 32.2. The van der Waals surface area contributed by atoms with Crippen molar-refractivity contribution in [3.8, 4) is 0 Å². The first-order valence-corrected chi connectivity index (χ1v) is 7.15. The number of primary amides is 1. The van der Waals surface area contributed by atoms with Crippen LogP contribution in [-0.2, 0) is 10.8 Å². The summed E-state index contributed by atoms with van der Waals surface area (Å²) in [6.45, 7) is 6.06. The van der Waals surface area contributed by atoms with E-state index in [-0.39, 0.29) is 16.8 Å². The van der Waals surface area contributed by atoms with Crippen molar-refractivity contribution in [2.24, 2.45) is 11.7 Å². The molecule has 0 aliphatic carbocycles. The van der Waals surface area contributed by atoms with Crippen molar-refractivity contribution in [3.05, 3.63) is 11.8 Å². The minimum Gasteiger partial charge on any atom is -0.367 e. The number of amides is 1. The number of rotatable bonds is 5. The van der Waals surface area contributed by atoms with E-state index in [1.54, 1.807) is 0 Å². The van der Waals surface area contributed by atoms with Crippen molar-refractivity contribution in [1.82, 2.24) is 9.97 Å². The maximum absolute atomic E-state index is 11.3. The van der Waals surface area contributed by atoms with Gasteiger partial charge in [0.25, 0.3) is 5.91 Å². The van der Waals surface area contributed by atoms with E-state index in [1.807, 2.05) is 20.8 Å². The second-order valence-corrected chi connectivity index (χ2v) is 5.68. The van der Waals surface area contributed by atoms with E-state index in [0.717, 1.165) is 0 Å². The van der Waals surface area contributed by atoms with Gasteiger partial charge in [0, 0.05) is 18.5 Å². The van der Waals surface area contributed by atoms with Gasteiger partial charge in [-0.15, -0.1) is 0 Å². The molecule has 1 rings (SSSR count). The second-order valence-electron chi connectivity index (χ2n) is 4.41. The predicted octanol–water partition coefficient (Wildman–Crippen LogP) is 0.769. The summed E-state index contributed by atoms with van der Waals surface area (Å²) in [6, 6.07) is 0.108. The molecule has 2 atom stereocenters. The van der Waals surface area contributed by atoms with Crippen molar-refractivity contribution < 1.29 is 9.00 Å². The first-order chi connectivity index (χ1) is 8.32. The summed E-state index contributed by atoms with van der Waals surface area (Å²) in [5.74, 6) is 0.0852. The van der Waals surface area contributed by atoms with Crippen molar-refractivity contribution in [3.63, 3.8) is 0 Å². The lowest BCUT2D eigenvalue weighted by Crippen LogP contribution is -2.25. The molecule has 0 spiro atoms. The molecule has 100 valence electrons. The fraction of sp³-hybridized carbons (Fsp3) is 0.545. The van der Waals surface area contributed by atoms with Gasteiger partial charge in [-0.05, 0) is 12.8 Å². The lowest BCUT2D eigenvalue weighted by molar-refractivity contribution is 0.1000. The van der Waals surface area contributed by atoms with E-state index in [2.05, 4.69) is 15.3 Å². The zero-order valence-corrected chi connectivity index (χ0v) is 11.7. The Kier molecular flexibility index (Phi) is 4.77. The zero-order chi connectivity index (χ0) is 13.9. The molecule has 18 heavy (non-hydrogen) atoms. The highest BCUT2D eigenvalue weighted by molar-refractivity contribution is 7.84. The van der Waals surface area contributed by atoms with Crippen molar-refractivity contribution in [1.29, 1.82) is 0 Å². The molecule has 1 unspecified atom stereocenters. The molecular formula is C11H18N4O2S. The monoisotopic (exact) mass is 270 g/mol. The predicted molar refractivity (Wildman–Crippen MR) is 70.8 cm³/mol. The molecule has 0 saturated heterocycles. The summed E-state index contributed by atoms with van der Waals surface area (Å²) >= 11 is 0. The van der Waals surface area contributed by atoms with Crippen LogP contribution in [0.25, 0.3) is 0 Å². The standard InChI is InChI=1S/C11H18N4O2S/c1-6(2)7(3)14-10-8(9(12)16)5-13-11(15-10)18(4)17/h5-7H,1-4H3,(H2,12,16)(H,13,14,15)/t7-,18?/m1/s1. The Morgan fingerprint density at radius 3 is 2.50 bits per heavy atom. The number of hydrogen-bond donors (Lipinski definition) is 2. The zero-order valence-electron chi connectivity index (χ0n) is 10.9.